The van der Waals surface area contributed by atoms with E-state index in [1.807, 2.05) is 6.92 Å². The highest BCUT2D eigenvalue weighted by Crippen LogP contribution is 2.44. The van der Waals surface area contributed by atoms with Crippen LogP contribution in [0.3, 0.4) is 0 Å². The molecule has 8 heteroatoms. The van der Waals surface area contributed by atoms with Crippen LogP contribution in [0.1, 0.15) is 57.4 Å². The third-order valence-corrected chi connectivity index (χ3v) is 6.85. The lowest BCUT2D eigenvalue weighted by atomic mass is 9.66. The molecule has 5 atom stereocenters. The highest BCUT2D eigenvalue weighted by Gasteiger charge is 2.41. The molecule has 1 amide bonds. The molecule has 2 aliphatic carbocycles. The van der Waals surface area contributed by atoms with E-state index in [0.29, 0.717) is 24.1 Å². The first kappa shape index (κ1) is 24.8. The summed E-state index contributed by atoms with van der Waals surface area (Å²) in [5.41, 5.74) is -0.670. The molecule has 32 heavy (non-hydrogen) atoms. The maximum absolute atomic E-state index is 12.8. The maximum atomic E-state index is 12.8. The van der Waals surface area contributed by atoms with E-state index < -0.39 is 11.7 Å². The summed E-state index contributed by atoms with van der Waals surface area (Å²) >= 11 is 0. The minimum Gasteiger partial charge on any atom is -0.490 e. The monoisotopic (exact) mass is 456 g/mol. The Balaban J connectivity index is 1.49. The van der Waals surface area contributed by atoms with Crippen molar-refractivity contribution in [3.8, 4) is 5.75 Å². The zero-order valence-corrected chi connectivity index (χ0v) is 18.7. The number of hydrogen-bond acceptors (Lipinski definition) is 4. The minimum atomic E-state index is -4.35. The van der Waals surface area contributed by atoms with Gasteiger partial charge < -0.3 is 20.5 Å². The van der Waals surface area contributed by atoms with Gasteiger partial charge in [-0.2, -0.15) is 13.2 Å². The first-order valence-corrected chi connectivity index (χ1v) is 11.7. The van der Waals surface area contributed by atoms with Crippen molar-refractivity contribution in [2.24, 2.45) is 17.8 Å². The number of aliphatic hydroxyl groups excluding tert-OH is 1. The molecule has 0 spiro atoms. The number of fused-ring (bicyclic) bond motifs is 1. The molecule has 0 bridgehead atoms. The lowest BCUT2D eigenvalue weighted by molar-refractivity contribution is -0.137. The molecular formula is C24H35F3N2O3. The molecule has 0 aliphatic heterocycles. The van der Waals surface area contributed by atoms with Gasteiger partial charge in [-0.15, -0.1) is 0 Å². The highest BCUT2D eigenvalue weighted by atomic mass is 19.4. The number of hydrogen-bond donors (Lipinski definition) is 3. The van der Waals surface area contributed by atoms with E-state index in [1.165, 1.54) is 12.1 Å². The Bertz CT molecular complexity index is 726. The maximum Gasteiger partial charge on any atom is 0.416 e. The number of benzene rings is 1. The first-order chi connectivity index (χ1) is 15.3. The van der Waals surface area contributed by atoms with Crippen LogP contribution in [0.15, 0.2) is 24.3 Å². The van der Waals surface area contributed by atoms with Gasteiger partial charge in [-0.25, -0.2) is 0 Å². The second kappa shape index (κ2) is 11.4. The summed E-state index contributed by atoms with van der Waals surface area (Å²) in [5.74, 6) is 1.36. The second-order valence-corrected chi connectivity index (χ2v) is 9.22. The van der Waals surface area contributed by atoms with Crippen molar-refractivity contribution in [2.45, 2.75) is 70.2 Å². The Morgan fingerprint density at radius 2 is 1.91 bits per heavy atom. The Labute approximate surface area is 188 Å². The number of amides is 1. The zero-order chi connectivity index (χ0) is 23.1. The van der Waals surface area contributed by atoms with Gasteiger partial charge in [0.25, 0.3) is 0 Å². The molecule has 5 nitrogen and oxygen atoms in total. The third-order valence-electron chi connectivity index (χ3n) is 6.85. The van der Waals surface area contributed by atoms with Gasteiger partial charge in [-0.3, -0.25) is 4.79 Å². The SMILES string of the molecule is CC(CCNCCO)NC(=O)C1CCC2C(CCCC2Oc2ccc(C(F)(F)F)cc2)C1. The van der Waals surface area contributed by atoms with Crippen molar-refractivity contribution in [1.82, 2.24) is 10.6 Å². The number of nitrogens with one attached hydrogen (secondary N) is 2. The van der Waals surface area contributed by atoms with E-state index in [-0.39, 0.29) is 30.6 Å². The molecule has 180 valence electrons. The van der Waals surface area contributed by atoms with Crippen LogP contribution in [0.5, 0.6) is 5.75 Å². The molecule has 0 saturated heterocycles. The molecular weight excluding hydrogens is 421 g/mol. The van der Waals surface area contributed by atoms with Gasteiger partial charge in [-0.1, -0.05) is 0 Å². The molecule has 2 saturated carbocycles. The Morgan fingerprint density at radius 1 is 1.16 bits per heavy atom. The van der Waals surface area contributed by atoms with E-state index in [4.69, 9.17) is 9.84 Å². The van der Waals surface area contributed by atoms with Crippen molar-refractivity contribution < 1.29 is 27.8 Å². The number of aliphatic hydroxyl groups is 1. The summed E-state index contributed by atoms with van der Waals surface area (Å²) < 4.78 is 44.5. The Hall–Kier alpha value is -1.80. The average molecular weight is 457 g/mol. The summed E-state index contributed by atoms with van der Waals surface area (Å²) in [6.45, 7) is 3.41. The molecule has 2 aliphatic rings. The largest absolute Gasteiger partial charge is 0.490 e. The fraction of sp³-hybridized carbons (Fsp3) is 0.708. The molecule has 1 aromatic rings. The van der Waals surface area contributed by atoms with E-state index in [0.717, 1.165) is 63.6 Å². The molecule has 5 unspecified atom stereocenters. The quantitative estimate of drug-likeness (QED) is 0.489. The van der Waals surface area contributed by atoms with Gasteiger partial charge in [0.15, 0.2) is 0 Å². The standard InChI is InChI=1S/C24H35F3N2O3/c1-16(11-12-28-13-14-30)29-23(31)18-5-10-21-17(15-18)3-2-4-22(21)32-20-8-6-19(7-9-20)24(25,26)27/h6-9,16-18,21-22,28,30H,2-5,10-15H2,1H3,(H,29,31). The van der Waals surface area contributed by atoms with Gasteiger partial charge in [0, 0.05) is 18.5 Å². The molecule has 0 radical (unpaired) electrons. The van der Waals surface area contributed by atoms with E-state index in [9.17, 15) is 18.0 Å². The summed E-state index contributed by atoms with van der Waals surface area (Å²) in [7, 11) is 0. The van der Waals surface area contributed by atoms with E-state index in [2.05, 4.69) is 10.6 Å². The average Bonchev–Trinajstić information content (AvgIpc) is 2.76. The van der Waals surface area contributed by atoms with Gasteiger partial charge in [0.05, 0.1) is 12.2 Å². The fourth-order valence-electron chi connectivity index (χ4n) is 5.14. The van der Waals surface area contributed by atoms with Crippen LogP contribution >= 0.6 is 0 Å². The second-order valence-electron chi connectivity index (χ2n) is 9.22. The summed E-state index contributed by atoms with van der Waals surface area (Å²) in [4.78, 5) is 12.8. The molecule has 0 aromatic heterocycles. The van der Waals surface area contributed by atoms with Crippen LogP contribution < -0.4 is 15.4 Å². The molecule has 0 heterocycles. The lowest BCUT2D eigenvalue weighted by Gasteiger charge is -2.43. The van der Waals surface area contributed by atoms with Crippen molar-refractivity contribution >= 4 is 5.91 Å². The Kier molecular flexibility index (Phi) is 8.82. The van der Waals surface area contributed by atoms with Crippen LogP contribution in [-0.2, 0) is 11.0 Å². The van der Waals surface area contributed by atoms with E-state index >= 15 is 0 Å². The predicted molar refractivity (Wildman–Crippen MR) is 116 cm³/mol. The zero-order valence-electron chi connectivity index (χ0n) is 18.7. The Morgan fingerprint density at radius 3 is 2.59 bits per heavy atom. The van der Waals surface area contributed by atoms with Crippen LogP contribution in [-0.4, -0.2) is 42.9 Å². The number of carbonyl (C=O) groups excluding carboxylic acids is 1. The van der Waals surface area contributed by atoms with E-state index in [1.54, 1.807) is 0 Å². The topological polar surface area (TPSA) is 70.6 Å². The molecule has 1 aromatic carbocycles. The molecule has 3 N–H and O–H groups in total. The molecule has 3 rings (SSSR count). The van der Waals surface area contributed by atoms with Crippen molar-refractivity contribution in [2.75, 3.05) is 19.7 Å². The normalized spacial score (nSPS) is 26.8. The van der Waals surface area contributed by atoms with Crippen LogP contribution in [0, 0.1) is 17.8 Å². The van der Waals surface area contributed by atoms with Crippen molar-refractivity contribution in [3.05, 3.63) is 29.8 Å². The number of rotatable bonds is 9. The summed E-state index contributed by atoms with van der Waals surface area (Å²) in [6, 6.07) is 5.02. The molecule has 2 fully saturated rings. The fourth-order valence-corrected chi connectivity index (χ4v) is 5.14. The van der Waals surface area contributed by atoms with Crippen molar-refractivity contribution in [3.63, 3.8) is 0 Å². The first-order valence-electron chi connectivity index (χ1n) is 11.7. The minimum absolute atomic E-state index is 0.00826. The smallest absolute Gasteiger partial charge is 0.416 e. The highest BCUT2D eigenvalue weighted by molar-refractivity contribution is 5.79. The third kappa shape index (κ3) is 6.85. The predicted octanol–water partition coefficient (Wildman–Crippen LogP) is 4.15. The van der Waals surface area contributed by atoms with Gasteiger partial charge in [0.2, 0.25) is 5.91 Å². The van der Waals surface area contributed by atoms with Gasteiger partial charge in [0.1, 0.15) is 11.9 Å². The summed E-state index contributed by atoms with van der Waals surface area (Å²) in [6.07, 6.45) is 2.00. The number of alkyl halides is 3. The van der Waals surface area contributed by atoms with Gasteiger partial charge >= 0.3 is 6.18 Å². The van der Waals surface area contributed by atoms with Crippen LogP contribution in [0.2, 0.25) is 0 Å². The number of halogens is 3. The van der Waals surface area contributed by atoms with Crippen LogP contribution in [0.25, 0.3) is 0 Å². The number of ether oxygens (including phenoxy) is 1. The van der Waals surface area contributed by atoms with Crippen LogP contribution in [0.4, 0.5) is 13.2 Å². The summed E-state index contributed by atoms with van der Waals surface area (Å²) in [5, 5.41) is 15.0. The lowest BCUT2D eigenvalue weighted by Crippen LogP contribution is -2.45. The van der Waals surface area contributed by atoms with Crippen molar-refractivity contribution in [1.29, 1.82) is 0 Å². The van der Waals surface area contributed by atoms with Gasteiger partial charge in [-0.05, 0) is 94.5 Å². The number of carbonyl (C=O) groups is 1.